The molecule has 0 saturated heterocycles. The number of hydrogen-bond acceptors (Lipinski definition) is 3. The van der Waals surface area contributed by atoms with Crippen LogP contribution in [0.5, 0.6) is 0 Å². The maximum absolute atomic E-state index is 11.7. The fourth-order valence-corrected chi connectivity index (χ4v) is 2.15. The summed E-state index contributed by atoms with van der Waals surface area (Å²) < 4.78 is 4.84. The molecule has 0 fully saturated rings. The molecule has 1 N–H and O–H groups in total. The largest absolute Gasteiger partial charge is 0.361 e. The molecule has 0 aliphatic carbocycles. The summed E-state index contributed by atoms with van der Waals surface area (Å²) in [4.78, 5) is 11.7. The molecule has 0 spiro atoms. The van der Waals surface area contributed by atoms with Crippen LogP contribution in [0, 0.1) is 12.8 Å². The number of halogens is 1. The minimum atomic E-state index is -0.238. The first-order valence-electron chi connectivity index (χ1n) is 5.94. The van der Waals surface area contributed by atoms with Crippen LogP contribution < -0.4 is 5.32 Å². The number of aromatic nitrogens is 1. The summed E-state index contributed by atoms with van der Waals surface area (Å²) in [5, 5.41) is 6.38. The topological polar surface area (TPSA) is 55.1 Å². The van der Waals surface area contributed by atoms with Gasteiger partial charge in [0, 0.05) is 12.6 Å². The normalized spacial score (nSPS) is 12.8. The van der Waals surface area contributed by atoms with Gasteiger partial charge in [0.15, 0.2) is 5.69 Å². The molecule has 1 aromatic heterocycles. The van der Waals surface area contributed by atoms with E-state index < -0.39 is 0 Å². The fourth-order valence-electron chi connectivity index (χ4n) is 1.72. The Bertz CT molecular complexity index is 361. The number of rotatable bonds is 6. The van der Waals surface area contributed by atoms with Crippen LogP contribution in [0.15, 0.2) is 10.6 Å². The summed E-state index contributed by atoms with van der Waals surface area (Å²) in [5.41, 5.74) is 0.302. The molecule has 5 heteroatoms. The minimum Gasteiger partial charge on any atom is -0.361 e. The smallest absolute Gasteiger partial charge is 0.273 e. The molecule has 4 nitrogen and oxygen atoms in total. The summed E-state index contributed by atoms with van der Waals surface area (Å²) in [6.07, 6.45) is 2.03. The Morgan fingerprint density at radius 3 is 2.65 bits per heavy atom. The van der Waals surface area contributed by atoms with Crippen molar-refractivity contribution in [3.63, 3.8) is 0 Å². The van der Waals surface area contributed by atoms with Gasteiger partial charge in [-0.3, -0.25) is 4.79 Å². The molecule has 0 aliphatic rings. The fraction of sp³-hybridized carbons (Fsp3) is 0.667. The number of aryl methyl sites for hydroxylation is 1. The van der Waals surface area contributed by atoms with E-state index in [0.29, 0.717) is 23.9 Å². The lowest BCUT2D eigenvalue weighted by atomic mass is 9.99. The predicted molar refractivity (Wildman–Crippen MR) is 67.3 cm³/mol. The number of carbonyl (C=O) groups excluding carboxylic acids is 1. The summed E-state index contributed by atoms with van der Waals surface area (Å²) in [6, 6.07) is 1.61. The zero-order valence-electron chi connectivity index (χ0n) is 10.5. The average Bonchev–Trinajstić information content (AvgIpc) is 2.74. The third-order valence-electron chi connectivity index (χ3n) is 2.88. The van der Waals surface area contributed by atoms with Gasteiger partial charge in [-0.2, -0.15) is 0 Å². The summed E-state index contributed by atoms with van der Waals surface area (Å²) >= 11 is 6.23. The molecule has 0 aromatic carbocycles. The Balaban J connectivity index is 2.43. The van der Waals surface area contributed by atoms with Gasteiger partial charge in [-0.15, -0.1) is 11.6 Å². The van der Waals surface area contributed by atoms with E-state index in [1.54, 1.807) is 13.0 Å². The number of carbonyl (C=O) groups is 1. The van der Waals surface area contributed by atoms with Crippen molar-refractivity contribution in [2.75, 3.05) is 6.54 Å². The zero-order chi connectivity index (χ0) is 12.8. The lowest BCUT2D eigenvalue weighted by Crippen LogP contribution is -2.33. The van der Waals surface area contributed by atoms with Crippen molar-refractivity contribution in [3.05, 3.63) is 17.5 Å². The molecular formula is C12H19ClN2O2. The van der Waals surface area contributed by atoms with E-state index in [9.17, 15) is 4.79 Å². The van der Waals surface area contributed by atoms with Crippen molar-refractivity contribution < 1.29 is 9.32 Å². The van der Waals surface area contributed by atoms with Gasteiger partial charge < -0.3 is 9.84 Å². The molecule has 0 radical (unpaired) electrons. The number of nitrogens with zero attached hydrogens (tertiary/aromatic N) is 1. The van der Waals surface area contributed by atoms with Crippen molar-refractivity contribution in [2.45, 2.75) is 39.0 Å². The molecule has 1 unspecified atom stereocenters. The molecular weight excluding hydrogens is 240 g/mol. The van der Waals surface area contributed by atoms with Crippen LogP contribution in [0.2, 0.25) is 0 Å². The van der Waals surface area contributed by atoms with Gasteiger partial charge in [0.05, 0.1) is 5.38 Å². The van der Waals surface area contributed by atoms with Crippen LogP contribution in [0.3, 0.4) is 0 Å². The summed E-state index contributed by atoms with van der Waals surface area (Å²) in [7, 11) is 0. The SMILES string of the molecule is CCC(CC)C(Cl)CNC(=O)c1cc(C)on1. The monoisotopic (exact) mass is 258 g/mol. The Labute approximate surface area is 107 Å². The van der Waals surface area contributed by atoms with Gasteiger partial charge in [-0.05, 0) is 12.8 Å². The molecule has 0 bridgehead atoms. The minimum absolute atomic E-state index is 0.0399. The van der Waals surface area contributed by atoms with E-state index in [1.165, 1.54) is 0 Å². The van der Waals surface area contributed by atoms with E-state index in [4.69, 9.17) is 16.1 Å². The molecule has 1 amide bonds. The highest BCUT2D eigenvalue weighted by Crippen LogP contribution is 2.17. The van der Waals surface area contributed by atoms with Crippen LogP contribution in [0.1, 0.15) is 42.9 Å². The van der Waals surface area contributed by atoms with Crippen molar-refractivity contribution in [1.82, 2.24) is 10.5 Å². The first-order valence-corrected chi connectivity index (χ1v) is 6.37. The summed E-state index contributed by atoms with van der Waals surface area (Å²) in [5.74, 6) is 0.812. The molecule has 96 valence electrons. The second-order valence-corrected chi connectivity index (χ2v) is 4.69. The van der Waals surface area contributed by atoms with Crippen LogP contribution in [-0.4, -0.2) is 23.0 Å². The van der Waals surface area contributed by atoms with Gasteiger partial charge in [-0.25, -0.2) is 0 Å². The van der Waals surface area contributed by atoms with Gasteiger partial charge in [0.25, 0.3) is 5.91 Å². The van der Waals surface area contributed by atoms with Crippen LogP contribution in [-0.2, 0) is 0 Å². The molecule has 0 aliphatic heterocycles. The van der Waals surface area contributed by atoms with Crippen LogP contribution in [0.4, 0.5) is 0 Å². The maximum atomic E-state index is 11.7. The first-order chi connectivity index (χ1) is 8.08. The first kappa shape index (κ1) is 14.0. The third-order valence-corrected chi connectivity index (χ3v) is 3.39. The maximum Gasteiger partial charge on any atom is 0.273 e. The molecule has 1 heterocycles. The lowest BCUT2D eigenvalue weighted by Gasteiger charge is -2.19. The van der Waals surface area contributed by atoms with Crippen molar-refractivity contribution in [2.24, 2.45) is 5.92 Å². The summed E-state index contributed by atoms with van der Waals surface area (Å²) in [6.45, 7) is 6.41. The highest BCUT2D eigenvalue weighted by atomic mass is 35.5. The third kappa shape index (κ3) is 4.04. The highest BCUT2D eigenvalue weighted by Gasteiger charge is 2.18. The molecule has 1 rings (SSSR count). The quantitative estimate of drug-likeness (QED) is 0.799. The van der Waals surface area contributed by atoms with E-state index >= 15 is 0 Å². The van der Waals surface area contributed by atoms with Crippen LogP contribution in [0.25, 0.3) is 0 Å². The molecule has 1 aromatic rings. The Morgan fingerprint density at radius 1 is 1.53 bits per heavy atom. The van der Waals surface area contributed by atoms with Crippen molar-refractivity contribution in [1.29, 1.82) is 0 Å². The van der Waals surface area contributed by atoms with Crippen molar-refractivity contribution >= 4 is 17.5 Å². The predicted octanol–water partition coefficient (Wildman–Crippen LogP) is 2.76. The number of alkyl halides is 1. The van der Waals surface area contributed by atoms with Gasteiger partial charge in [0.1, 0.15) is 5.76 Å². The second-order valence-electron chi connectivity index (χ2n) is 4.13. The van der Waals surface area contributed by atoms with Crippen LogP contribution >= 0.6 is 11.6 Å². The molecule has 17 heavy (non-hydrogen) atoms. The second kappa shape index (κ2) is 6.64. The Hall–Kier alpha value is -1.03. The number of amides is 1. The van der Waals surface area contributed by atoms with Gasteiger partial charge in [0.2, 0.25) is 0 Å². The zero-order valence-corrected chi connectivity index (χ0v) is 11.3. The Kier molecular flexibility index (Phi) is 5.48. The average molecular weight is 259 g/mol. The van der Waals surface area contributed by atoms with E-state index in [-0.39, 0.29) is 11.3 Å². The van der Waals surface area contributed by atoms with E-state index in [1.807, 2.05) is 0 Å². The molecule has 0 saturated carbocycles. The van der Waals surface area contributed by atoms with E-state index in [0.717, 1.165) is 12.8 Å². The van der Waals surface area contributed by atoms with Gasteiger partial charge >= 0.3 is 0 Å². The molecule has 1 atom stereocenters. The Morgan fingerprint density at radius 2 is 2.18 bits per heavy atom. The standard InChI is InChI=1S/C12H19ClN2O2/c1-4-9(5-2)10(13)7-14-12(16)11-6-8(3)17-15-11/h6,9-10H,4-5,7H2,1-3H3,(H,14,16). The number of nitrogens with one attached hydrogen (secondary N) is 1. The van der Waals surface area contributed by atoms with Gasteiger partial charge in [-0.1, -0.05) is 31.8 Å². The number of hydrogen-bond donors (Lipinski definition) is 1. The van der Waals surface area contributed by atoms with Crippen molar-refractivity contribution in [3.8, 4) is 0 Å². The highest BCUT2D eigenvalue weighted by molar-refractivity contribution is 6.21. The van der Waals surface area contributed by atoms with E-state index in [2.05, 4.69) is 24.3 Å². The lowest BCUT2D eigenvalue weighted by molar-refractivity contribution is 0.0942.